The summed E-state index contributed by atoms with van der Waals surface area (Å²) in [5, 5.41) is 2.96. The molecule has 0 saturated heterocycles. The zero-order chi connectivity index (χ0) is 28.3. The molecule has 208 valence electrons. The first-order valence-electron chi connectivity index (χ1n) is 13.0. The molecule has 0 saturated carbocycles. The van der Waals surface area contributed by atoms with Crippen LogP contribution in [0.15, 0.2) is 95.6 Å². The number of hydrogen-bond donors (Lipinski definition) is 1. The highest BCUT2D eigenvalue weighted by Crippen LogP contribution is 2.28. The molecule has 0 aliphatic rings. The number of ether oxygens (including phenoxy) is 3. The second-order valence-corrected chi connectivity index (χ2v) is 9.24. The van der Waals surface area contributed by atoms with E-state index < -0.39 is 6.04 Å². The summed E-state index contributed by atoms with van der Waals surface area (Å²) in [6.45, 7) is 0.457. The highest BCUT2D eigenvalue weighted by atomic mass is 16.5. The van der Waals surface area contributed by atoms with Crippen molar-refractivity contribution in [1.82, 2.24) is 10.2 Å². The van der Waals surface area contributed by atoms with E-state index in [1.165, 1.54) is 0 Å². The summed E-state index contributed by atoms with van der Waals surface area (Å²) in [6, 6.07) is 25.3. The summed E-state index contributed by atoms with van der Waals surface area (Å²) in [4.78, 5) is 29.3. The van der Waals surface area contributed by atoms with Crippen LogP contribution in [0.3, 0.4) is 0 Å². The van der Waals surface area contributed by atoms with Gasteiger partial charge in [-0.05, 0) is 53.1 Å². The van der Waals surface area contributed by atoms with Gasteiger partial charge in [-0.3, -0.25) is 9.59 Å². The Morgan fingerprint density at radius 2 is 1.52 bits per heavy atom. The maximum absolute atomic E-state index is 14.0. The first kappa shape index (κ1) is 28.3. The van der Waals surface area contributed by atoms with Crippen LogP contribution in [0, 0.1) is 0 Å². The van der Waals surface area contributed by atoms with Crippen LogP contribution < -0.4 is 19.5 Å². The lowest BCUT2D eigenvalue weighted by atomic mass is 10.0. The van der Waals surface area contributed by atoms with E-state index in [1.54, 1.807) is 56.8 Å². The fraction of sp³-hybridized carbons (Fsp3) is 0.250. The number of nitrogens with zero attached hydrogens (tertiary/aromatic N) is 1. The molecule has 1 aromatic heterocycles. The quantitative estimate of drug-likeness (QED) is 0.261. The zero-order valence-electron chi connectivity index (χ0n) is 23.0. The van der Waals surface area contributed by atoms with Crippen LogP contribution in [0.25, 0.3) is 0 Å². The number of furan rings is 1. The van der Waals surface area contributed by atoms with Gasteiger partial charge in [-0.15, -0.1) is 0 Å². The molecule has 0 aliphatic heterocycles. The second kappa shape index (κ2) is 13.9. The number of nitrogens with one attached hydrogen (secondary N) is 1. The largest absolute Gasteiger partial charge is 0.497 e. The Labute approximate surface area is 234 Å². The molecule has 4 rings (SSSR count). The molecule has 1 N–H and O–H groups in total. The van der Waals surface area contributed by atoms with E-state index in [2.05, 4.69) is 5.32 Å². The smallest absolute Gasteiger partial charge is 0.243 e. The number of benzene rings is 3. The SMILES string of the molecule is COc1ccc(CN(C(=O)Cc2ccc(OC)c(OC)c2)[C@H](Cc2ccccc2)C(=O)NCc2ccco2)cc1. The summed E-state index contributed by atoms with van der Waals surface area (Å²) < 4.78 is 21.5. The number of carbonyl (C=O) groups is 2. The minimum Gasteiger partial charge on any atom is -0.497 e. The standard InChI is InChI=1S/C32H34N2O6/c1-37-26-14-11-24(12-15-26)22-34(31(35)20-25-13-16-29(38-2)30(19-25)39-3)28(18-23-8-5-4-6-9-23)32(36)33-21-27-10-7-17-40-27/h4-17,19,28H,18,20-22H2,1-3H3,(H,33,36)/t28-/m1/s1. The Morgan fingerprint density at radius 3 is 2.17 bits per heavy atom. The van der Waals surface area contributed by atoms with Gasteiger partial charge in [0.25, 0.3) is 0 Å². The van der Waals surface area contributed by atoms with Crippen molar-refractivity contribution in [3.8, 4) is 17.2 Å². The maximum Gasteiger partial charge on any atom is 0.243 e. The number of carbonyl (C=O) groups excluding carboxylic acids is 2. The van der Waals surface area contributed by atoms with E-state index in [0.29, 0.717) is 29.4 Å². The monoisotopic (exact) mass is 542 g/mol. The van der Waals surface area contributed by atoms with E-state index in [-0.39, 0.29) is 31.3 Å². The van der Waals surface area contributed by atoms with Gasteiger partial charge >= 0.3 is 0 Å². The van der Waals surface area contributed by atoms with Crippen LogP contribution in [0.1, 0.15) is 22.5 Å². The fourth-order valence-electron chi connectivity index (χ4n) is 4.45. The predicted molar refractivity (Wildman–Crippen MR) is 151 cm³/mol. The fourth-order valence-corrected chi connectivity index (χ4v) is 4.45. The summed E-state index contributed by atoms with van der Waals surface area (Å²) in [5.41, 5.74) is 2.56. The van der Waals surface area contributed by atoms with Crippen molar-refractivity contribution in [3.63, 3.8) is 0 Å². The summed E-state index contributed by atoms with van der Waals surface area (Å²) in [6.07, 6.45) is 1.98. The average molecular weight is 543 g/mol. The van der Waals surface area contributed by atoms with Gasteiger partial charge in [0, 0.05) is 13.0 Å². The van der Waals surface area contributed by atoms with E-state index in [0.717, 1.165) is 16.7 Å². The Morgan fingerprint density at radius 1 is 0.800 bits per heavy atom. The number of rotatable bonds is 13. The van der Waals surface area contributed by atoms with Crippen LogP contribution in [0.2, 0.25) is 0 Å². The van der Waals surface area contributed by atoms with E-state index >= 15 is 0 Å². The third-order valence-electron chi connectivity index (χ3n) is 6.60. The van der Waals surface area contributed by atoms with Crippen molar-refractivity contribution in [3.05, 3.63) is 114 Å². The molecule has 8 nitrogen and oxygen atoms in total. The molecule has 0 aliphatic carbocycles. The minimum atomic E-state index is -0.771. The molecule has 1 atom stereocenters. The van der Waals surface area contributed by atoms with Gasteiger partial charge in [0.1, 0.15) is 17.6 Å². The van der Waals surface area contributed by atoms with Gasteiger partial charge in [0.05, 0.1) is 40.6 Å². The van der Waals surface area contributed by atoms with Crippen molar-refractivity contribution in [2.45, 2.75) is 32.0 Å². The summed E-state index contributed by atoms with van der Waals surface area (Å²) >= 11 is 0. The highest BCUT2D eigenvalue weighted by Gasteiger charge is 2.30. The first-order valence-corrected chi connectivity index (χ1v) is 13.0. The van der Waals surface area contributed by atoms with Crippen LogP contribution >= 0.6 is 0 Å². The third kappa shape index (κ3) is 7.44. The van der Waals surface area contributed by atoms with Crippen molar-refractivity contribution in [2.75, 3.05) is 21.3 Å². The zero-order valence-corrected chi connectivity index (χ0v) is 23.0. The molecule has 0 bridgehead atoms. The van der Waals surface area contributed by atoms with Crippen LogP contribution in [0.4, 0.5) is 0 Å². The molecular weight excluding hydrogens is 508 g/mol. The Bertz CT molecular complexity index is 1370. The number of amides is 2. The van der Waals surface area contributed by atoms with Crippen molar-refractivity contribution in [2.24, 2.45) is 0 Å². The lowest BCUT2D eigenvalue weighted by molar-refractivity contribution is -0.140. The molecule has 0 unspecified atom stereocenters. The Balaban J connectivity index is 1.66. The van der Waals surface area contributed by atoms with Gasteiger partial charge in [0.15, 0.2) is 11.5 Å². The second-order valence-electron chi connectivity index (χ2n) is 9.24. The van der Waals surface area contributed by atoms with Gasteiger partial charge < -0.3 is 28.8 Å². The molecule has 1 heterocycles. The topological polar surface area (TPSA) is 90.2 Å². The Hall–Kier alpha value is -4.72. The molecular formula is C32H34N2O6. The van der Waals surface area contributed by atoms with E-state index in [4.69, 9.17) is 18.6 Å². The van der Waals surface area contributed by atoms with Crippen molar-refractivity contribution >= 4 is 11.8 Å². The molecule has 8 heteroatoms. The van der Waals surface area contributed by atoms with E-state index in [1.807, 2.05) is 60.7 Å². The van der Waals surface area contributed by atoms with Crippen LogP contribution in [-0.2, 0) is 35.5 Å². The maximum atomic E-state index is 14.0. The van der Waals surface area contributed by atoms with Crippen LogP contribution in [-0.4, -0.2) is 44.1 Å². The average Bonchev–Trinajstić information content (AvgIpc) is 3.52. The van der Waals surface area contributed by atoms with E-state index in [9.17, 15) is 9.59 Å². The van der Waals surface area contributed by atoms with Crippen molar-refractivity contribution in [1.29, 1.82) is 0 Å². The normalized spacial score (nSPS) is 11.4. The molecule has 0 spiro atoms. The third-order valence-corrected chi connectivity index (χ3v) is 6.60. The lowest BCUT2D eigenvalue weighted by Crippen LogP contribution is -2.50. The molecule has 0 fully saturated rings. The molecule has 40 heavy (non-hydrogen) atoms. The summed E-state index contributed by atoms with van der Waals surface area (Å²) in [5.74, 6) is 1.99. The van der Waals surface area contributed by atoms with Crippen molar-refractivity contribution < 1.29 is 28.2 Å². The Kier molecular flexibility index (Phi) is 9.83. The minimum absolute atomic E-state index is 0.0766. The first-order chi connectivity index (χ1) is 19.5. The number of methoxy groups -OCH3 is 3. The molecule has 4 aromatic rings. The molecule has 3 aromatic carbocycles. The molecule has 0 radical (unpaired) electrons. The van der Waals surface area contributed by atoms with Gasteiger partial charge in [-0.2, -0.15) is 0 Å². The summed E-state index contributed by atoms with van der Waals surface area (Å²) in [7, 11) is 4.72. The van der Waals surface area contributed by atoms with Gasteiger partial charge in [-0.1, -0.05) is 48.5 Å². The van der Waals surface area contributed by atoms with Gasteiger partial charge in [-0.25, -0.2) is 0 Å². The van der Waals surface area contributed by atoms with Gasteiger partial charge in [0.2, 0.25) is 11.8 Å². The number of hydrogen-bond acceptors (Lipinski definition) is 6. The van der Waals surface area contributed by atoms with Crippen LogP contribution in [0.5, 0.6) is 17.2 Å². The lowest BCUT2D eigenvalue weighted by Gasteiger charge is -2.31. The highest BCUT2D eigenvalue weighted by molar-refractivity contribution is 5.88. The predicted octanol–water partition coefficient (Wildman–Crippen LogP) is 4.80. The molecule has 2 amide bonds.